The van der Waals surface area contributed by atoms with E-state index in [4.69, 9.17) is 15.0 Å². The summed E-state index contributed by atoms with van der Waals surface area (Å²) in [5, 5.41) is 18.5. The Morgan fingerprint density at radius 2 is 2.07 bits per heavy atom. The monoisotopic (exact) mass is 591 g/mol. The molecule has 43 heavy (non-hydrogen) atoms. The molecule has 1 aliphatic heterocycles. The molecule has 0 amide bonds. The molecule has 3 radical (unpaired) electrons. The standard InChI is InChI=1S/C32H24FN6O3S/c33-25-10-19(14-34)4-5-22(25)17-42-31-3-1-2-29(37-31)38-9-8-20(24-13-27(24)38)12-30-36-26-7-6-21(32(40)41)11-28(26)39(30)16-23-15-35-18-43-23/h1-7,10-11,15,18H,8-9,12-13,16-17H2,(H,40,41). The van der Waals surface area contributed by atoms with Crippen molar-refractivity contribution in [2.75, 3.05) is 11.4 Å². The van der Waals surface area contributed by atoms with Gasteiger partial charge in [0, 0.05) is 41.6 Å². The minimum atomic E-state index is -0.965. The Kier molecular flexibility index (Phi) is 6.99. The van der Waals surface area contributed by atoms with E-state index < -0.39 is 11.8 Å². The highest BCUT2D eigenvalue weighted by molar-refractivity contribution is 7.09. The van der Waals surface area contributed by atoms with E-state index in [0.717, 1.165) is 46.9 Å². The van der Waals surface area contributed by atoms with Gasteiger partial charge in [-0.1, -0.05) is 12.1 Å². The van der Waals surface area contributed by atoms with E-state index in [-0.39, 0.29) is 17.7 Å². The number of carbonyl (C=O) groups is 1. The van der Waals surface area contributed by atoms with Crippen molar-refractivity contribution in [3.63, 3.8) is 0 Å². The first-order valence-electron chi connectivity index (χ1n) is 13.7. The molecule has 1 N–H and O–H groups in total. The topological polar surface area (TPSA) is 117 Å². The number of pyridine rings is 1. The van der Waals surface area contributed by atoms with Crippen LogP contribution in [0.4, 0.5) is 10.2 Å². The Bertz CT molecular complexity index is 1870. The summed E-state index contributed by atoms with van der Waals surface area (Å²) in [7, 11) is 0. The van der Waals surface area contributed by atoms with Crippen molar-refractivity contribution in [2.45, 2.75) is 32.4 Å². The Morgan fingerprint density at radius 1 is 1.16 bits per heavy atom. The molecule has 0 bridgehead atoms. The summed E-state index contributed by atoms with van der Waals surface area (Å²) >= 11 is 1.56. The summed E-state index contributed by atoms with van der Waals surface area (Å²) in [4.78, 5) is 28.7. The minimum Gasteiger partial charge on any atom is -0.478 e. The van der Waals surface area contributed by atoms with Gasteiger partial charge in [0.2, 0.25) is 5.88 Å². The first-order valence-corrected chi connectivity index (χ1v) is 14.6. The number of carboxylic acids is 1. The van der Waals surface area contributed by atoms with Gasteiger partial charge in [0.1, 0.15) is 24.1 Å². The Hall–Kier alpha value is -4.82. The average Bonchev–Trinajstić information content (AvgIpc) is 3.53. The van der Waals surface area contributed by atoms with Gasteiger partial charge in [-0.3, -0.25) is 4.98 Å². The van der Waals surface area contributed by atoms with Gasteiger partial charge in [0.25, 0.3) is 0 Å². The zero-order chi connectivity index (χ0) is 29.5. The van der Waals surface area contributed by atoms with Gasteiger partial charge in [0.05, 0.1) is 46.3 Å². The molecule has 0 unspecified atom stereocenters. The molecule has 7 rings (SSSR count). The number of aromatic carboxylic acids is 1. The number of anilines is 1. The molecule has 1 saturated carbocycles. The van der Waals surface area contributed by atoms with Crippen LogP contribution in [-0.2, 0) is 19.6 Å². The van der Waals surface area contributed by atoms with Crippen LogP contribution >= 0.6 is 11.3 Å². The van der Waals surface area contributed by atoms with Crippen LogP contribution in [0.3, 0.4) is 0 Å². The van der Waals surface area contributed by atoms with Crippen molar-refractivity contribution in [1.29, 1.82) is 5.26 Å². The molecule has 2 fully saturated rings. The van der Waals surface area contributed by atoms with Gasteiger partial charge in [-0.15, -0.1) is 11.3 Å². The summed E-state index contributed by atoms with van der Waals surface area (Å²) < 4.78 is 22.2. The number of halogens is 1. The van der Waals surface area contributed by atoms with Crippen LogP contribution in [0, 0.1) is 35.0 Å². The van der Waals surface area contributed by atoms with Crippen LogP contribution in [0.15, 0.2) is 66.3 Å². The SMILES string of the molecule is N#Cc1ccc(COc2cccc(N3CC[C](Cc4nc5ccc(C(=O)O)cc5n4Cc4cncs4)[C]4C[C]43)n2)c(F)c1. The van der Waals surface area contributed by atoms with Gasteiger partial charge in [-0.25, -0.2) is 14.2 Å². The summed E-state index contributed by atoms with van der Waals surface area (Å²) in [5.74, 6) is 3.27. The normalized spacial score (nSPS) is 15.4. The molecule has 11 heteroatoms. The summed E-state index contributed by atoms with van der Waals surface area (Å²) in [5.41, 5.74) is 4.22. The second-order valence-electron chi connectivity index (χ2n) is 10.4. The Morgan fingerprint density at radius 3 is 2.86 bits per heavy atom. The van der Waals surface area contributed by atoms with E-state index in [9.17, 15) is 14.3 Å². The lowest BCUT2D eigenvalue weighted by Gasteiger charge is -2.31. The zero-order valence-electron chi connectivity index (χ0n) is 22.8. The number of nitrogens with zero attached hydrogens (tertiary/aromatic N) is 6. The van der Waals surface area contributed by atoms with E-state index in [1.165, 1.54) is 23.9 Å². The van der Waals surface area contributed by atoms with E-state index in [0.29, 0.717) is 24.4 Å². The number of rotatable bonds is 9. The van der Waals surface area contributed by atoms with Crippen LogP contribution < -0.4 is 9.64 Å². The number of thiazole rings is 1. The number of benzene rings is 2. The lowest BCUT2D eigenvalue weighted by molar-refractivity contribution is 0.0697. The van der Waals surface area contributed by atoms with Crippen molar-refractivity contribution in [1.82, 2.24) is 19.5 Å². The fourth-order valence-corrected chi connectivity index (χ4v) is 6.08. The molecule has 5 aromatic rings. The van der Waals surface area contributed by atoms with Crippen LogP contribution in [0.2, 0.25) is 0 Å². The van der Waals surface area contributed by atoms with Crippen molar-refractivity contribution < 1.29 is 19.0 Å². The molecule has 4 heterocycles. The molecule has 9 nitrogen and oxygen atoms in total. The highest BCUT2D eigenvalue weighted by Gasteiger charge is 2.52. The molecule has 2 aliphatic rings. The third kappa shape index (κ3) is 5.42. The molecule has 1 saturated heterocycles. The predicted molar refractivity (Wildman–Crippen MR) is 158 cm³/mol. The Labute approximate surface area is 250 Å². The number of fused-ring (bicyclic) bond motifs is 2. The second kappa shape index (κ2) is 11.1. The maximum Gasteiger partial charge on any atom is 0.335 e. The van der Waals surface area contributed by atoms with Gasteiger partial charge in [-0.2, -0.15) is 10.2 Å². The van der Waals surface area contributed by atoms with Crippen LogP contribution in [0.25, 0.3) is 11.0 Å². The third-order valence-electron chi connectivity index (χ3n) is 7.74. The lowest BCUT2D eigenvalue weighted by Crippen LogP contribution is -2.31. The number of hydrogen-bond donors (Lipinski definition) is 1. The van der Waals surface area contributed by atoms with Gasteiger partial charge >= 0.3 is 5.97 Å². The molecular weight excluding hydrogens is 567 g/mol. The van der Waals surface area contributed by atoms with Crippen LogP contribution in [0.5, 0.6) is 5.88 Å². The highest BCUT2D eigenvalue weighted by atomic mass is 32.1. The lowest BCUT2D eigenvalue weighted by atomic mass is 9.92. The number of ether oxygens (including phenoxy) is 1. The second-order valence-corrected chi connectivity index (χ2v) is 11.4. The van der Waals surface area contributed by atoms with E-state index in [1.54, 1.807) is 53.2 Å². The molecule has 3 aromatic heterocycles. The minimum absolute atomic E-state index is 0.0103. The largest absolute Gasteiger partial charge is 0.478 e. The van der Waals surface area contributed by atoms with Gasteiger partial charge in [-0.05, 0) is 55.2 Å². The van der Waals surface area contributed by atoms with E-state index >= 15 is 0 Å². The highest BCUT2D eigenvalue weighted by Crippen LogP contribution is 2.58. The predicted octanol–water partition coefficient (Wildman–Crippen LogP) is 5.76. The smallest absolute Gasteiger partial charge is 0.335 e. The fourth-order valence-electron chi connectivity index (χ4n) is 5.50. The third-order valence-corrected chi connectivity index (χ3v) is 8.51. The van der Waals surface area contributed by atoms with E-state index in [2.05, 4.69) is 19.4 Å². The first-order chi connectivity index (χ1) is 21.0. The number of carboxylic acid groups (broad SMARTS) is 1. The summed E-state index contributed by atoms with van der Waals surface area (Å²) in [6, 6.07) is 18.1. The quantitative estimate of drug-likeness (QED) is 0.230. The fraction of sp³-hybridized carbons (Fsp3) is 0.188. The van der Waals surface area contributed by atoms with Crippen LogP contribution in [0.1, 0.15) is 45.0 Å². The molecule has 2 aromatic carbocycles. The molecule has 0 spiro atoms. The summed E-state index contributed by atoms with van der Waals surface area (Å²) in [6.45, 7) is 1.34. The number of nitriles is 1. The van der Waals surface area contributed by atoms with Crippen molar-refractivity contribution in [2.24, 2.45) is 0 Å². The maximum atomic E-state index is 14.3. The van der Waals surface area contributed by atoms with Crippen molar-refractivity contribution in [3.8, 4) is 11.9 Å². The average molecular weight is 592 g/mol. The van der Waals surface area contributed by atoms with E-state index in [1.807, 2.05) is 24.4 Å². The van der Waals surface area contributed by atoms with Crippen molar-refractivity contribution in [3.05, 3.63) is 117 Å². The van der Waals surface area contributed by atoms with Gasteiger partial charge in [0.15, 0.2) is 0 Å². The number of imidazole rings is 1. The molecule has 1 aliphatic carbocycles. The number of hydrogen-bond acceptors (Lipinski definition) is 8. The number of aromatic nitrogens is 4. The molecule has 213 valence electrons. The van der Waals surface area contributed by atoms with Crippen LogP contribution in [-0.4, -0.2) is 37.1 Å². The summed E-state index contributed by atoms with van der Waals surface area (Å²) in [6.07, 6.45) is 4.22. The van der Waals surface area contributed by atoms with Crippen molar-refractivity contribution >= 4 is 34.2 Å². The van der Waals surface area contributed by atoms with Gasteiger partial charge < -0.3 is 19.3 Å². The molecule has 0 atom stereocenters. The maximum absolute atomic E-state index is 14.3. The first kappa shape index (κ1) is 27.0. The number of piperidine rings is 1. The molecular formula is C32H24FN6O3S. The Balaban J connectivity index is 1.06. The zero-order valence-corrected chi connectivity index (χ0v) is 23.6.